The molecule has 0 aliphatic heterocycles. The Bertz CT molecular complexity index is 3160. The fourth-order valence-electron chi connectivity index (χ4n) is 7.92. The van der Waals surface area contributed by atoms with Crippen molar-refractivity contribution in [3.05, 3.63) is 193 Å². The van der Waals surface area contributed by atoms with Crippen LogP contribution in [0.25, 0.3) is 83.9 Å². The molecular formula is C56H48N3OPt-. The van der Waals surface area contributed by atoms with Gasteiger partial charge in [0, 0.05) is 44.0 Å². The summed E-state index contributed by atoms with van der Waals surface area (Å²) in [6, 6.07) is 57.2. The van der Waals surface area contributed by atoms with Gasteiger partial charge in [-0.2, -0.15) is 0 Å². The van der Waals surface area contributed by atoms with Gasteiger partial charge in [0.2, 0.25) is 0 Å². The van der Waals surface area contributed by atoms with Gasteiger partial charge in [-0.15, -0.1) is 23.8 Å². The molecule has 0 aliphatic rings. The Hall–Kier alpha value is -6.35. The first-order chi connectivity index (χ1) is 30.5. The number of nitrogens with zero attached hydrogens (tertiary/aromatic N) is 3. The predicted octanol–water partition coefficient (Wildman–Crippen LogP) is 14.7. The molecule has 9 rings (SSSR count). The van der Waals surface area contributed by atoms with Crippen LogP contribution in [-0.4, -0.2) is 19.6 Å². The number of hydrogen-bond acceptors (Lipinski definition) is 3. The third-order valence-corrected chi connectivity index (χ3v) is 11.2. The number of phenolic OH excluding ortho intramolecular Hbond substituents is 1. The van der Waals surface area contributed by atoms with Crippen molar-refractivity contribution in [2.24, 2.45) is 0 Å². The van der Waals surface area contributed by atoms with Crippen LogP contribution in [0.5, 0.6) is 5.75 Å². The number of pyridine rings is 1. The topological polar surface area (TPSA) is 50.9 Å². The molecule has 0 atom stereocenters. The third kappa shape index (κ3) is 8.26. The quantitative estimate of drug-likeness (QED) is 0.154. The Kier molecular flexibility index (Phi) is 10.1. The molecule has 0 fully saturated rings. The molecule has 304 valence electrons. The van der Waals surface area contributed by atoms with Gasteiger partial charge in [-0.25, -0.2) is 4.98 Å². The van der Waals surface area contributed by atoms with Gasteiger partial charge in [-0.3, -0.25) is 9.55 Å². The first-order valence-electron chi connectivity index (χ1n) is 22.3. The van der Waals surface area contributed by atoms with Gasteiger partial charge >= 0.3 is 0 Å². The summed E-state index contributed by atoms with van der Waals surface area (Å²) in [5, 5.41) is 11.4. The average Bonchev–Trinajstić information content (AvgIpc) is 3.68. The van der Waals surface area contributed by atoms with E-state index in [1.807, 2.05) is 97.4 Å². The van der Waals surface area contributed by atoms with Gasteiger partial charge in [0.25, 0.3) is 0 Å². The molecule has 0 unspecified atom stereocenters. The van der Waals surface area contributed by atoms with E-state index >= 15 is 0 Å². The zero-order valence-corrected chi connectivity index (χ0v) is 37.0. The Morgan fingerprint density at radius 3 is 2.05 bits per heavy atom. The van der Waals surface area contributed by atoms with Crippen LogP contribution >= 0.6 is 0 Å². The van der Waals surface area contributed by atoms with Crippen molar-refractivity contribution >= 4 is 11.0 Å². The van der Waals surface area contributed by atoms with E-state index in [1.54, 1.807) is 24.3 Å². The van der Waals surface area contributed by atoms with Crippen molar-refractivity contribution in [1.82, 2.24) is 14.5 Å². The third-order valence-electron chi connectivity index (χ3n) is 11.2. The zero-order chi connectivity index (χ0) is 45.0. The molecule has 9 aromatic rings. The van der Waals surface area contributed by atoms with Crippen molar-refractivity contribution in [2.75, 3.05) is 0 Å². The number of para-hydroxylation sites is 2. The van der Waals surface area contributed by atoms with E-state index in [-0.39, 0.29) is 37.8 Å². The summed E-state index contributed by atoms with van der Waals surface area (Å²) < 4.78 is 35.6. The molecule has 0 amide bonds. The maximum absolute atomic E-state index is 11.4. The molecule has 0 saturated carbocycles. The number of aryl methyl sites for hydroxylation is 1. The number of benzene rings is 7. The standard InChI is InChI=1S/C56H48N3O.Pt/c1-36(2)38-20-22-40(23-21-38)42-29-30-57-50(35-42)45-33-43(39-13-8-7-9-14-39)32-44(34-45)47-16-12-17-52-54(47)58-55(48-15-10-11-18-53(48)60)59(52)51-28-19-37(3)31-49(51)41-24-26-46(27-25-41)56(4,5)6;/h7-33,35-36,60H,1-6H3;/q-1;/i3D3,36D;. The van der Waals surface area contributed by atoms with Crippen LogP contribution in [0.3, 0.4) is 0 Å². The van der Waals surface area contributed by atoms with Crippen molar-refractivity contribution in [2.45, 2.75) is 52.8 Å². The van der Waals surface area contributed by atoms with Crippen molar-refractivity contribution in [1.29, 1.82) is 0 Å². The van der Waals surface area contributed by atoms with Crippen LogP contribution in [0, 0.1) is 12.9 Å². The molecule has 0 aliphatic carbocycles. The summed E-state index contributed by atoms with van der Waals surface area (Å²) in [6.45, 7) is 7.95. The second-order valence-electron chi connectivity index (χ2n) is 16.6. The molecule has 7 aromatic carbocycles. The maximum Gasteiger partial charge on any atom is 0.148 e. The van der Waals surface area contributed by atoms with Crippen molar-refractivity contribution in [3.8, 4) is 78.6 Å². The van der Waals surface area contributed by atoms with E-state index < -0.39 is 12.7 Å². The Morgan fingerprint density at radius 2 is 1.33 bits per heavy atom. The molecule has 1 N–H and O–H groups in total. The normalized spacial score (nSPS) is 12.9. The van der Waals surface area contributed by atoms with Crippen LogP contribution in [0.4, 0.5) is 0 Å². The van der Waals surface area contributed by atoms with Crippen LogP contribution in [0.2, 0.25) is 0 Å². The van der Waals surface area contributed by atoms with Gasteiger partial charge in [0.05, 0.1) is 22.3 Å². The van der Waals surface area contributed by atoms with Gasteiger partial charge in [-0.1, -0.05) is 172 Å². The van der Waals surface area contributed by atoms with E-state index in [0.717, 1.165) is 78.1 Å². The maximum atomic E-state index is 11.4. The molecule has 4 nitrogen and oxygen atoms in total. The van der Waals surface area contributed by atoms with Gasteiger partial charge < -0.3 is 5.11 Å². The van der Waals surface area contributed by atoms with Crippen LogP contribution < -0.4 is 0 Å². The SMILES string of the molecule is [2H]C([2H])([2H])c1ccc(-n2c(-c3ccccc3O)nc3c(-c4[c-]c(-c5cc(-c6ccc(C([2H])(C)C)cc6)ccn5)cc(-c5ccccc5)c4)cccc32)c(-c2ccc(C(C)(C)C)cc2)c1.[Pt]. The van der Waals surface area contributed by atoms with Crippen molar-refractivity contribution in [3.63, 3.8) is 0 Å². The Morgan fingerprint density at radius 1 is 0.639 bits per heavy atom. The van der Waals surface area contributed by atoms with Gasteiger partial charge in [0.15, 0.2) is 0 Å². The second kappa shape index (κ2) is 17.0. The molecule has 0 bridgehead atoms. The minimum Gasteiger partial charge on any atom is -0.507 e. The minimum absolute atomic E-state index is 0. The fourth-order valence-corrected chi connectivity index (χ4v) is 7.92. The van der Waals surface area contributed by atoms with E-state index in [9.17, 15) is 5.11 Å². The fraction of sp³-hybridized carbons (Fsp3) is 0.143. The van der Waals surface area contributed by atoms with Gasteiger partial charge in [-0.05, 0) is 87.9 Å². The number of rotatable bonds is 8. The first kappa shape index (κ1) is 36.5. The van der Waals surface area contributed by atoms with E-state index in [1.165, 1.54) is 0 Å². The van der Waals surface area contributed by atoms with Gasteiger partial charge in [0.1, 0.15) is 11.6 Å². The molecule has 0 spiro atoms. The van der Waals surface area contributed by atoms with Crippen LogP contribution in [-0.2, 0) is 26.5 Å². The molecule has 2 heterocycles. The molecule has 0 saturated heterocycles. The number of imidazole rings is 1. The molecule has 0 radical (unpaired) electrons. The second-order valence-corrected chi connectivity index (χ2v) is 16.6. The summed E-state index contributed by atoms with van der Waals surface area (Å²) >= 11 is 0. The smallest absolute Gasteiger partial charge is 0.148 e. The number of phenols is 1. The molecular weight excluding hydrogens is 926 g/mol. The van der Waals surface area contributed by atoms with Crippen LogP contribution in [0.15, 0.2) is 170 Å². The summed E-state index contributed by atoms with van der Waals surface area (Å²) in [4.78, 5) is 10.2. The summed E-state index contributed by atoms with van der Waals surface area (Å²) in [5.41, 5.74) is 13.8. The number of aromatic hydroxyl groups is 1. The summed E-state index contributed by atoms with van der Waals surface area (Å²) in [5.74, 6) is -0.125. The number of aromatic nitrogens is 3. The van der Waals surface area contributed by atoms with E-state index in [4.69, 9.17) is 15.5 Å². The van der Waals surface area contributed by atoms with E-state index in [2.05, 4.69) is 93.6 Å². The Labute approximate surface area is 379 Å². The summed E-state index contributed by atoms with van der Waals surface area (Å²) in [7, 11) is 0. The summed E-state index contributed by atoms with van der Waals surface area (Å²) in [6.07, 6.45) is 1.82. The molecule has 61 heavy (non-hydrogen) atoms. The number of fused-ring (bicyclic) bond motifs is 1. The molecule has 5 heteroatoms. The largest absolute Gasteiger partial charge is 0.507 e. The predicted molar refractivity (Wildman–Crippen MR) is 250 cm³/mol. The minimum atomic E-state index is -2.33. The van der Waals surface area contributed by atoms with Crippen LogP contribution in [0.1, 0.15) is 62.7 Å². The number of hydrogen-bond donors (Lipinski definition) is 1. The molecule has 2 aromatic heterocycles. The average molecular weight is 978 g/mol. The van der Waals surface area contributed by atoms with Crippen molar-refractivity contribution < 1.29 is 31.7 Å². The first-order valence-corrected chi connectivity index (χ1v) is 20.3. The zero-order valence-electron chi connectivity index (χ0n) is 38.8. The monoisotopic (exact) mass is 977 g/mol. The Balaban J connectivity index is 0.00000576. The van der Waals surface area contributed by atoms with E-state index in [0.29, 0.717) is 16.9 Å².